The third kappa shape index (κ3) is 10.9. The fourth-order valence-corrected chi connectivity index (χ4v) is 1.57. The van der Waals surface area contributed by atoms with Crippen molar-refractivity contribution in [3.8, 4) is 0 Å². The van der Waals surface area contributed by atoms with Gasteiger partial charge in [0, 0.05) is 0 Å². The first-order valence-electron chi connectivity index (χ1n) is 2.21. The van der Waals surface area contributed by atoms with Gasteiger partial charge in [-0.05, 0) is 0 Å². The first kappa shape index (κ1) is 10.8. The second-order valence-electron chi connectivity index (χ2n) is 1.56. The van der Waals surface area contributed by atoms with Crippen LogP contribution in [0, 0.1) is 0 Å². The molecule has 0 amide bonds. The zero-order valence-electron chi connectivity index (χ0n) is 4.71. The fourth-order valence-electron chi connectivity index (χ4n) is 0.302. The smallest absolute Gasteiger partial charge is 1.00 e. The van der Waals surface area contributed by atoms with Gasteiger partial charge in [-0.25, -0.2) is 0 Å². The first-order chi connectivity index (χ1) is 2.77. The minimum Gasteiger partial charge on any atom is -1.00 e. The summed E-state index contributed by atoms with van der Waals surface area (Å²) in [4.78, 5) is 0. The van der Waals surface area contributed by atoms with Crippen molar-refractivity contribution in [2.24, 2.45) is 0 Å². The summed E-state index contributed by atoms with van der Waals surface area (Å²) in [5, 5.41) is 1.36. The molecule has 0 heterocycles. The molecule has 0 aliphatic carbocycles. The number of hydrogen-bond acceptors (Lipinski definition) is 0. The molecule has 0 saturated carbocycles. The van der Waals surface area contributed by atoms with E-state index in [0.717, 1.165) is 0 Å². The number of rotatable bonds is 2. The topological polar surface area (TPSA) is 0 Å². The number of halogens is 1. The van der Waals surface area contributed by atoms with Crippen LogP contribution in [0.2, 0.25) is 5.02 Å². The van der Waals surface area contributed by atoms with Crippen LogP contribution >= 0.6 is 0 Å². The predicted molar refractivity (Wildman–Crippen MR) is 24.2 cm³/mol. The van der Waals surface area contributed by atoms with Gasteiger partial charge in [0.1, 0.15) is 0 Å². The Bertz CT molecular complexity index is 52.0. The molecule has 7 heavy (non-hydrogen) atoms. The maximum absolute atomic E-state index is 3.76. The molecule has 0 rings (SSSR count). The van der Waals surface area contributed by atoms with Crippen LogP contribution in [-0.4, -0.2) is 0 Å². The molecule has 0 bridgehead atoms. The monoisotopic (exact) mass is 212 g/mol. The van der Waals surface area contributed by atoms with Gasteiger partial charge in [-0.2, -0.15) is 0 Å². The Morgan fingerprint density at radius 3 is 2.14 bits per heavy atom. The van der Waals surface area contributed by atoms with Crippen LogP contribution in [0.3, 0.4) is 0 Å². The number of allylic oxidation sites excluding steroid dienone is 1. The first-order valence-corrected chi connectivity index (χ1v) is 4.31. The van der Waals surface area contributed by atoms with Gasteiger partial charge in [0.05, 0.1) is 0 Å². The summed E-state index contributed by atoms with van der Waals surface area (Å²) < 4.78 is 0. The van der Waals surface area contributed by atoms with Crippen LogP contribution in [0.5, 0.6) is 0 Å². The molecule has 0 fully saturated rings. The van der Waals surface area contributed by atoms with Gasteiger partial charge in [-0.3, -0.25) is 0 Å². The Balaban J connectivity index is 0. The number of hydrogen-bond donors (Lipinski definition) is 0. The van der Waals surface area contributed by atoms with Crippen molar-refractivity contribution in [2.75, 3.05) is 0 Å². The molecule has 0 aromatic heterocycles. The predicted octanol–water partition coefficient (Wildman–Crippen LogP) is -1.08. The average molecular weight is 214 g/mol. The quantitative estimate of drug-likeness (QED) is 0.405. The Kier molecular flexibility index (Phi) is 10.5. The van der Waals surface area contributed by atoms with Crippen LogP contribution in [0.4, 0.5) is 0 Å². The van der Waals surface area contributed by atoms with Crippen molar-refractivity contribution in [3.05, 3.63) is 12.2 Å². The molecule has 38 valence electrons. The molecular formula is C5H9BrZn. The molecule has 2 heteroatoms. The summed E-state index contributed by atoms with van der Waals surface area (Å²) in [6.07, 6.45) is 1.24. The van der Waals surface area contributed by atoms with E-state index in [0.29, 0.717) is 0 Å². The standard InChI is InChI=1S/C5H9.BrH.Zn/c1-4-5(2)3;;/h1-2,4H2,3H3;1H;/q;;+1/p-1. The van der Waals surface area contributed by atoms with E-state index >= 15 is 0 Å². The van der Waals surface area contributed by atoms with Gasteiger partial charge in [-0.1, -0.05) is 0 Å². The van der Waals surface area contributed by atoms with Gasteiger partial charge in [0.2, 0.25) is 0 Å². The second-order valence-corrected chi connectivity index (χ2v) is 3.04. The Labute approximate surface area is 65.8 Å². The van der Waals surface area contributed by atoms with E-state index in [4.69, 9.17) is 0 Å². The summed E-state index contributed by atoms with van der Waals surface area (Å²) in [7, 11) is 0. The molecule has 0 saturated heterocycles. The molecule has 0 spiro atoms. The summed E-state index contributed by atoms with van der Waals surface area (Å²) in [5.41, 5.74) is 1.32. The molecule has 0 unspecified atom stereocenters. The van der Waals surface area contributed by atoms with Crippen molar-refractivity contribution in [3.63, 3.8) is 0 Å². The van der Waals surface area contributed by atoms with Crippen molar-refractivity contribution in [1.82, 2.24) is 0 Å². The fraction of sp³-hybridized carbons (Fsp3) is 0.600. The summed E-state index contributed by atoms with van der Waals surface area (Å²) in [6.45, 7) is 5.84. The molecule has 0 N–H and O–H groups in total. The van der Waals surface area contributed by atoms with E-state index in [-0.39, 0.29) is 17.0 Å². The molecule has 0 aromatic carbocycles. The van der Waals surface area contributed by atoms with Crippen molar-refractivity contribution in [1.29, 1.82) is 0 Å². The molecule has 0 nitrogen and oxygen atoms in total. The third-order valence-electron chi connectivity index (χ3n) is 0.604. The largest absolute Gasteiger partial charge is 1.00 e. The zero-order valence-corrected chi connectivity index (χ0v) is 9.26. The molecule has 0 aliphatic rings. The van der Waals surface area contributed by atoms with Gasteiger partial charge in [0.25, 0.3) is 0 Å². The van der Waals surface area contributed by atoms with Crippen LogP contribution in [-0.2, 0) is 18.3 Å². The van der Waals surface area contributed by atoms with Gasteiger partial charge in [-0.15, -0.1) is 0 Å². The Hall–Kier alpha value is 0.843. The van der Waals surface area contributed by atoms with Crippen molar-refractivity contribution in [2.45, 2.75) is 18.4 Å². The zero-order chi connectivity index (χ0) is 4.99. The minimum atomic E-state index is 0. The minimum absolute atomic E-state index is 0. The van der Waals surface area contributed by atoms with Crippen LogP contribution in [0.15, 0.2) is 12.2 Å². The average Bonchev–Trinajstić information content (AvgIpc) is 1.35. The van der Waals surface area contributed by atoms with E-state index in [1.807, 2.05) is 0 Å². The second kappa shape index (κ2) is 6.84. The SMILES string of the molecule is C=C(C)C[CH2][Zn+].[Br-]. The molecule has 0 radical (unpaired) electrons. The maximum atomic E-state index is 3.76. The van der Waals surface area contributed by atoms with E-state index < -0.39 is 0 Å². The van der Waals surface area contributed by atoms with Crippen LogP contribution in [0.25, 0.3) is 0 Å². The van der Waals surface area contributed by atoms with Gasteiger partial charge >= 0.3 is 48.8 Å². The van der Waals surface area contributed by atoms with E-state index in [9.17, 15) is 0 Å². The Morgan fingerprint density at radius 2 is 2.14 bits per heavy atom. The van der Waals surface area contributed by atoms with Crippen molar-refractivity contribution >= 4 is 0 Å². The van der Waals surface area contributed by atoms with Gasteiger partial charge < -0.3 is 17.0 Å². The van der Waals surface area contributed by atoms with E-state index in [2.05, 4.69) is 13.5 Å². The van der Waals surface area contributed by atoms with Crippen LogP contribution < -0.4 is 17.0 Å². The third-order valence-corrected chi connectivity index (χ3v) is 1.35. The van der Waals surface area contributed by atoms with Gasteiger partial charge in [0.15, 0.2) is 0 Å². The maximum Gasteiger partial charge on any atom is -1.00 e. The Morgan fingerprint density at radius 1 is 1.71 bits per heavy atom. The summed E-state index contributed by atoms with van der Waals surface area (Å²) >= 11 is 1.41. The molecule has 0 atom stereocenters. The molecule has 0 aromatic rings. The normalized spacial score (nSPS) is 7.29. The summed E-state index contributed by atoms with van der Waals surface area (Å²) in [6, 6.07) is 0. The molecule has 0 aliphatic heterocycles. The van der Waals surface area contributed by atoms with Crippen LogP contribution in [0.1, 0.15) is 13.3 Å². The molecular weight excluding hydrogens is 205 g/mol. The van der Waals surface area contributed by atoms with Crippen molar-refractivity contribution < 1.29 is 35.3 Å². The summed E-state index contributed by atoms with van der Waals surface area (Å²) in [5.74, 6) is 0. The van der Waals surface area contributed by atoms with E-state index in [1.54, 1.807) is 0 Å². The van der Waals surface area contributed by atoms with E-state index in [1.165, 1.54) is 35.3 Å².